The Kier molecular flexibility index (Phi) is 7.00. The molecular weight excluding hydrogens is 504 g/mol. The lowest BCUT2D eigenvalue weighted by molar-refractivity contribution is -0.123. The molecule has 1 aliphatic heterocycles. The lowest BCUT2D eigenvalue weighted by Gasteiger charge is -2.59. The van der Waals surface area contributed by atoms with Gasteiger partial charge in [-0.25, -0.2) is 9.97 Å². The molecule has 4 aliphatic rings. The van der Waals surface area contributed by atoms with Crippen LogP contribution in [0.5, 0.6) is 0 Å². The van der Waals surface area contributed by atoms with Crippen molar-refractivity contribution in [3.8, 4) is 0 Å². The van der Waals surface area contributed by atoms with E-state index < -0.39 is 0 Å². The number of nitrogens with zero attached hydrogens (tertiary/aromatic N) is 2. The van der Waals surface area contributed by atoms with Crippen LogP contribution in [0.25, 0.3) is 0 Å². The largest absolute Gasteiger partial charge is 0.352 e. The summed E-state index contributed by atoms with van der Waals surface area (Å²) < 4.78 is 0. The van der Waals surface area contributed by atoms with Crippen molar-refractivity contribution in [1.29, 1.82) is 0 Å². The molecule has 7 atom stereocenters. The maximum absolute atomic E-state index is 13.1. The van der Waals surface area contributed by atoms with Crippen molar-refractivity contribution in [3.05, 3.63) is 54.3 Å². The molecular formula is C31H40N6O3. The van der Waals surface area contributed by atoms with Crippen LogP contribution in [0.4, 0.5) is 5.82 Å². The number of carbonyl (C=O) groups is 3. The van der Waals surface area contributed by atoms with Gasteiger partial charge in [-0.3, -0.25) is 14.4 Å². The van der Waals surface area contributed by atoms with Gasteiger partial charge in [-0.2, -0.15) is 0 Å². The zero-order valence-corrected chi connectivity index (χ0v) is 23.4. The number of nitrogens with one attached hydrogen (secondary N) is 4. The van der Waals surface area contributed by atoms with Crippen LogP contribution in [0.1, 0.15) is 74.8 Å². The summed E-state index contributed by atoms with van der Waals surface area (Å²) in [5.74, 6) is 2.52. The molecule has 0 unspecified atom stereocenters. The number of hydrogen-bond donors (Lipinski definition) is 4. The third-order valence-electron chi connectivity index (χ3n) is 10.8. The van der Waals surface area contributed by atoms with E-state index in [4.69, 9.17) is 0 Å². The van der Waals surface area contributed by atoms with Crippen LogP contribution in [0.15, 0.2) is 43.0 Å². The molecule has 0 saturated heterocycles. The Bertz CT molecular complexity index is 1290. The molecule has 3 fully saturated rings. The van der Waals surface area contributed by atoms with Crippen LogP contribution in [0, 0.1) is 34.5 Å². The van der Waals surface area contributed by atoms with Crippen LogP contribution in [0.2, 0.25) is 0 Å². The second-order valence-electron chi connectivity index (χ2n) is 12.8. The number of amides is 3. The summed E-state index contributed by atoms with van der Waals surface area (Å²) in [5.41, 5.74) is 1.61. The number of aromatic amines is 1. The first-order valence-electron chi connectivity index (χ1n) is 14.8. The number of aromatic nitrogens is 3. The fraction of sp³-hybridized carbons (Fsp3) is 0.581. The molecule has 2 aromatic heterocycles. The molecule has 212 valence electrons. The molecule has 9 heteroatoms. The van der Waals surface area contributed by atoms with Crippen molar-refractivity contribution in [2.75, 3.05) is 11.9 Å². The number of pyridine rings is 1. The molecule has 3 saturated carbocycles. The predicted octanol–water partition coefficient (Wildman–Crippen LogP) is 4.02. The van der Waals surface area contributed by atoms with Crippen molar-refractivity contribution < 1.29 is 14.4 Å². The van der Waals surface area contributed by atoms with Gasteiger partial charge >= 0.3 is 0 Å². The summed E-state index contributed by atoms with van der Waals surface area (Å²) in [4.78, 5) is 48.9. The smallest absolute Gasteiger partial charge is 0.252 e. The molecule has 3 heterocycles. The monoisotopic (exact) mass is 544 g/mol. The summed E-state index contributed by atoms with van der Waals surface area (Å²) in [6, 6.07) is 3.63. The number of hydrogen-bond acceptors (Lipinski definition) is 5. The highest BCUT2D eigenvalue weighted by Gasteiger charge is 2.59. The minimum atomic E-state index is -0.195. The summed E-state index contributed by atoms with van der Waals surface area (Å²) in [7, 11) is 0. The van der Waals surface area contributed by atoms with Crippen molar-refractivity contribution >= 4 is 23.5 Å². The lowest BCUT2D eigenvalue weighted by Crippen LogP contribution is -2.59. The summed E-state index contributed by atoms with van der Waals surface area (Å²) in [6.45, 7) is 5.26. The second-order valence-corrected chi connectivity index (χ2v) is 12.8. The minimum Gasteiger partial charge on any atom is -0.352 e. The summed E-state index contributed by atoms with van der Waals surface area (Å²) in [6.07, 6.45) is 16.7. The first-order valence-corrected chi connectivity index (χ1v) is 14.8. The Morgan fingerprint density at radius 3 is 2.73 bits per heavy atom. The molecule has 0 aromatic carbocycles. The van der Waals surface area contributed by atoms with E-state index in [0.717, 1.165) is 37.8 Å². The van der Waals surface area contributed by atoms with Crippen molar-refractivity contribution in [1.82, 2.24) is 25.6 Å². The van der Waals surface area contributed by atoms with Gasteiger partial charge in [0.15, 0.2) is 0 Å². The van der Waals surface area contributed by atoms with Gasteiger partial charge in [0, 0.05) is 48.9 Å². The first kappa shape index (κ1) is 26.7. The van der Waals surface area contributed by atoms with E-state index in [1.807, 2.05) is 0 Å². The highest BCUT2D eigenvalue weighted by Crippen LogP contribution is 2.65. The van der Waals surface area contributed by atoms with Crippen LogP contribution < -0.4 is 16.0 Å². The van der Waals surface area contributed by atoms with E-state index >= 15 is 0 Å². The molecule has 3 aliphatic carbocycles. The van der Waals surface area contributed by atoms with Gasteiger partial charge in [0.2, 0.25) is 11.8 Å². The summed E-state index contributed by atoms with van der Waals surface area (Å²) in [5, 5.41) is 9.08. The molecule has 40 heavy (non-hydrogen) atoms. The second kappa shape index (κ2) is 10.5. The average molecular weight is 545 g/mol. The van der Waals surface area contributed by atoms with Crippen LogP contribution in [-0.4, -0.2) is 45.3 Å². The Morgan fingerprint density at radius 2 is 1.95 bits per heavy atom. The molecule has 0 bridgehead atoms. The van der Waals surface area contributed by atoms with Gasteiger partial charge in [0.1, 0.15) is 5.82 Å². The van der Waals surface area contributed by atoms with Gasteiger partial charge in [0.25, 0.3) is 5.91 Å². The molecule has 4 N–H and O–H groups in total. The Balaban J connectivity index is 1.03. The Morgan fingerprint density at radius 1 is 1.07 bits per heavy atom. The number of rotatable bonds is 7. The van der Waals surface area contributed by atoms with E-state index in [0.29, 0.717) is 54.4 Å². The van der Waals surface area contributed by atoms with Crippen LogP contribution in [-0.2, 0) is 16.0 Å². The van der Waals surface area contributed by atoms with Gasteiger partial charge in [-0.05, 0) is 85.8 Å². The van der Waals surface area contributed by atoms with Gasteiger partial charge in [0.05, 0.1) is 11.9 Å². The zero-order chi connectivity index (χ0) is 27.9. The van der Waals surface area contributed by atoms with E-state index in [-0.39, 0.29) is 34.6 Å². The molecule has 3 amide bonds. The summed E-state index contributed by atoms with van der Waals surface area (Å²) >= 11 is 0. The topological polar surface area (TPSA) is 129 Å². The fourth-order valence-corrected chi connectivity index (χ4v) is 8.63. The highest BCUT2D eigenvalue weighted by atomic mass is 16.2. The van der Waals surface area contributed by atoms with E-state index in [1.54, 1.807) is 30.7 Å². The maximum Gasteiger partial charge on any atom is 0.252 e. The standard InChI is InChI=1S/C31H40N6O3/c1-30-12-9-24-22(5-7-25-31(24,2)13-10-27(38)36-25)23(30)6-4-20(30)15-28(39)37-26-8-3-19(16-34-26)29(40)33-14-11-21-17-32-18-35-21/h3,8,10,13,16-18,20,22-25H,4-7,9,11-12,14-15H2,1-2H3,(H,32,35)(H,33,40)(H,36,38)(H,34,37,39)/t20-,22+,23+,24+,25-,30-,31-/m1/s1. The minimum absolute atomic E-state index is 0.00754. The van der Waals surface area contributed by atoms with E-state index in [9.17, 15) is 14.4 Å². The van der Waals surface area contributed by atoms with E-state index in [2.05, 4.69) is 50.8 Å². The highest BCUT2D eigenvalue weighted by molar-refractivity contribution is 5.95. The molecule has 0 radical (unpaired) electrons. The maximum atomic E-state index is 13.1. The number of imidazole rings is 1. The molecule has 0 spiro atoms. The third-order valence-corrected chi connectivity index (χ3v) is 10.8. The van der Waals surface area contributed by atoms with Gasteiger partial charge in [-0.15, -0.1) is 0 Å². The number of fused-ring (bicyclic) bond motifs is 5. The quantitative estimate of drug-likeness (QED) is 0.419. The van der Waals surface area contributed by atoms with Gasteiger partial charge < -0.3 is 20.9 Å². The molecule has 2 aromatic rings. The molecule has 6 rings (SSSR count). The number of anilines is 1. The van der Waals surface area contributed by atoms with Crippen LogP contribution in [0.3, 0.4) is 0 Å². The van der Waals surface area contributed by atoms with E-state index in [1.165, 1.54) is 12.6 Å². The third kappa shape index (κ3) is 4.84. The predicted molar refractivity (Wildman–Crippen MR) is 151 cm³/mol. The van der Waals surface area contributed by atoms with Crippen molar-refractivity contribution in [2.45, 2.75) is 71.3 Å². The zero-order valence-electron chi connectivity index (χ0n) is 23.4. The number of carbonyl (C=O) groups excluding carboxylic acids is 3. The Hall–Kier alpha value is -3.49. The average Bonchev–Trinajstić information content (AvgIpc) is 3.57. The first-order chi connectivity index (χ1) is 19.3. The van der Waals surface area contributed by atoms with Crippen molar-refractivity contribution in [3.63, 3.8) is 0 Å². The fourth-order valence-electron chi connectivity index (χ4n) is 8.63. The van der Waals surface area contributed by atoms with Crippen LogP contribution >= 0.6 is 0 Å². The number of H-pyrrole nitrogens is 1. The van der Waals surface area contributed by atoms with Crippen molar-refractivity contribution in [2.24, 2.45) is 34.5 Å². The Labute approximate surface area is 235 Å². The SMILES string of the molecule is C[C@]12C=CC(=O)N[C@@H]1CC[C@@H]1[C@@H]2CC[C@]2(C)[C@@H](CC(=O)Nc3ccc(C(=O)NCCc4cnc[nH]4)cn3)CC[C@@H]12. The molecule has 9 nitrogen and oxygen atoms in total. The lowest BCUT2D eigenvalue weighted by atomic mass is 9.48. The normalized spacial score (nSPS) is 34.2. The van der Waals surface area contributed by atoms with Gasteiger partial charge in [-0.1, -0.05) is 19.9 Å².